The van der Waals surface area contributed by atoms with Gasteiger partial charge in [0.2, 0.25) is 0 Å². The number of rotatable bonds is 48. The molecule has 0 saturated heterocycles. The first-order chi connectivity index (χ1) is 33.6. The molecule has 8 heteroatoms. The Balaban J connectivity index is 4.28. The van der Waals surface area contributed by atoms with Gasteiger partial charge in [-0.15, -0.1) is 0 Å². The average molecular weight is 960 g/mol. The van der Waals surface area contributed by atoms with Crippen LogP contribution in [0.5, 0.6) is 0 Å². The van der Waals surface area contributed by atoms with Crippen LogP contribution in [-0.2, 0) is 28.6 Å². The fourth-order valence-corrected chi connectivity index (χ4v) is 7.50. The van der Waals surface area contributed by atoms with E-state index in [9.17, 15) is 19.5 Å². The standard InChI is InChI=1S/C61H101NO7/c1-6-8-10-12-14-16-18-20-22-24-26-28-30-32-33-35-37-39-41-43-45-47-49-51-59(63)68-56-57(55-67-54-53-58(61(65)66)62(3,4)5)69-60(64)52-50-48-46-44-42-40-38-36-34-31-29-27-25-23-21-19-17-15-13-11-9-7-2/h8-11,14-17,20-23,27,29,34,36,40,42,57-58H,6-7,12-13,18-19,24-26,28,30-33,35,37-39,41,43-56H2,1-5H3/b10-8+,11-9+,16-14+,17-15+,22-20+,23-21+,29-27+,36-34+,42-40+. The molecule has 392 valence electrons. The number of carbonyl (C=O) groups is 3. The van der Waals surface area contributed by atoms with Crippen molar-refractivity contribution in [2.45, 2.75) is 219 Å². The van der Waals surface area contributed by atoms with Gasteiger partial charge in [0.15, 0.2) is 6.10 Å². The lowest BCUT2D eigenvalue weighted by molar-refractivity contribution is -0.889. The van der Waals surface area contributed by atoms with E-state index < -0.39 is 18.1 Å². The van der Waals surface area contributed by atoms with E-state index in [0.29, 0.717) is 12.8 Å². The highest BCUT2D eigenvalue weighted by molar-refractivity contribution is 5.70. The lowest BCUT2D eigenvalue weighted by Crippen LogP contribution is -2.55. The van der Waals surface area contributed by atoms with Crippen LogP contribution in [0.2, 0.25) is 0 Å². The van der Waals surface area contributed by atoms with Crippen LogP contribution in [0.15, 0.2) is 109 Å². The summed E-state index contributed by atoms with van der Waals surface area (Å²) in [6.45, 7) is 4.41. The van der Waals surface area contributed by atoms with Crippen molar-refractivity contribution in [3.05, 3.63) is 109 Å². The van der Waals surface area contributed by atoms with E-state index in [2.05, 4.69) is 123 Å². The Labute approximate surface area is 423 Å². The lowest BCUT2D eigenvalue weighted by Gasteiger charge is -2.34. The zero-order valence-electron chi connectivity index (χ0n) is 44.7. The Morgan fingerprint density at radius 3 is 1.14 bits per heavy atom. The van der Waals surface area contributed by atoms with Crippen LogP contribution < -0.4 is 5.11 Å². The summed E-state index contributed by atoms with van der Waals surface area (Å²) in [5, 5.41) is 11.7. The van der Waals surface area contributed by atoms with Gasteiger partial charge in [0, 0.05) is 19.3 Å². The molecule has 0 amide bonds. The first-order valence-electron chi connectivity index (χ1n) is 27.4. The summed E-state index contributed by atoms with van der Waals surface area (Å²) in [5.41, 5.74) is 0. The number of carboxylic acid groups (broad SMARTS) is 1. The monoisotopic (exact) mass is 960 g/mol. The highest BCUT2D eigenvalue weighted by Gasteiger charge is 2.25. The van der Waals surface area contributed by atoms with Gasteiger partial charge in [-0.25, -0.2) is 0 Å². The summed E-state index contributed by atoms with van der Waals surface area (Å²) in [4.78, 5) is 37.1. The predicted octanol–water partition coefficient (Wildman–Crippen LogP) is 15.0. The Morgan fingerprint density at radius 2 is 0.768 bits per heavy atom. The number of aliphatic carboxylic acids is 1. The normalized spacial score (nSPS) is 13.7. The number of esters is 2. The molecular weight excluding hydrogens is 859 g/mol. The SMILES string of the molecule is CC/C=C/C/C=C/C/C=C/C/C=C/C/C=C/C/C=C/CCCCCC(=O)OC(COCCC(C(=O)[O-])[N+](C)(C)C)COC(=O)CCCCCCCCCCCCCCC/C=C/C/C=C/C/C=C/CC. The minimum absolute atomic E-state index is 0.0207. The summed E-state index contributed by atoms with van der Waals surface area (Å²) < 4.78 is 17.2. The number of hydrogen-bond donors (Lipinski definition) is 0. The Morgan fingerprint density at radius 1 is 0.435 bits per heavy atom. The van der Waals surface area contributed by atoms with Crippen molar-refractivity contribution in [1.29, 1.82) is 0 Å². The second-order valence-electron chi connectivity index (χ2n) is 19.1. The van der Waals surface area contributed by atoms with E-state index in [4.69, 9.17) is 14.2 Å². The third-order valence-electron chi connectivity index (χ3n) is 11.7. The van der Waals surface area contributed by atoms with E-state index in [-0.39, 0.29) is 49.1 Å². The van der Waals surface area contributed by atoms with Crippen molar-refractivity contribution < 1.29 is 38.2 Å². The zero-order valence-corrected chi connectivity index (χ0v) is 44.7. The van der Waals surface area contributed by atoms with E-state index in [1.807, 2.05) is 0 Å². The topological polar surface area (TPSA) is 102 Å². The summed E-state index contributed by atoms with van der Waals surface area (Å²) in [5.74, 6) is -1.79. The molecule has 0 aromatic heterocycles. The van der Waals surface area contributed by atoms with Gasteiger partial charge in [-0.05, 0) is 96.3 Å². The van der Waals surface area contributed by atoms with Crippen molar-refractivity contribution >= 4 is 17.9 Å². The molecule has 0 bridgehead atoms. The minimum Gasteiger partial charge on any atom is -0.544 e. The van der Waals surface area contributed by atoms with Gasteiger partial charge in [0.05, 0.1) is 40.3 Å². The molecule has 0 aromatic carbocycles. The quantitative estimate of drug-likeness (QED) is 0.0259. The van der Waals surface area contributed by atoms with E-state index in [1.165, 1.54) is 70.6 Å². The summed E-state index contributed by atoms with van der Waals surface area (Å²) in [7, 11) is 5.40. The van der Waals surface area contributed by atoms with Gasteiger partial charge >= 0.3 is 11.9 Å². The molecular formula is C61H101NO7. The van der Waals surface area contributed by atoms with Crippen molar-refractivity contribution in [1.82, 2.24) is 0 Å². The first-order valence-corrected chi connectivity index (χ1v) is 27.4. The van der Waals surface area contributed by atoms with E-state index in [0.717, 1.165) is 96.3 Å². The number of hydrogen-bond acceptors (Lipinski definition) is 7. The van der Waals surface area contributed by atoms with Crippen molar-refractivity contribution in [2.75, 3.05) is 41.0 Å². The Hall–Kier alpha value is -4.01. The molecule has 0 aromatic rings. The maximum Gasteiger partial charge on any atom is 0.306 e. The second-order valence-corrected chi connectivity index (χ2v) is 19.1. The maximum absolute atomic E-state index is 12.8. The molecule has 0 N–H and O–H groups in total. The third-order valence-corrected chi connectivity index (χ3v) is 11.7. The summed E-state index contributed by atoms with van der Waals surface area (Å²) in [6.07, 6.45) is 69.8. The van der Waals surface area contributed by atoms with Gasteiger partial charge < -0.3 is 28.6 Å². The van der Waals surface area contributed by atoms with Gasteiger partial charge in [-0.2, -0.15) is 0 Å². The largest absolute Gasteiger partial charge is 0.544 e. The van der Waals surface area contributed by atoms with Crippen molar-refractivity contribution in [2.24, 2.45) is 0 Å². The van der Waals surface area contributed by atoms with Crippen LogP contribution in [-0.4, -0.2) is 75.5 Å². The lowest BCUT2D eigenvalue weighted by atomic mass is 10.0. The molecule has 0 heterocycles. The first kappa shape index (κ1) is 65.0. The van der Waals surface area contributed by atoms with E-state index >= 15 is 0 Å². The Kier molecular flexibility index (Phi) is 47.5. The maximum atomic E-state index is 12.8. The zero-order chi connectivity index (χ0) is 50.6. The fourth-order valence-electron chi connectivity index (χ4n) is 7.50. The summed E-state index contributed by atoms with van der Waals surface area (Å²) in [6, 6.07) is -0.740. The predicted molar refractivity (Wildman–Crippen MR) is 291 cm³/mol. The summed E-state index contributed by atoms with van der Waals surface area (Å²) >= 11 is 0. The van der Waals surface area contributed by atoms with Crippen LogP contribution in [0.1, 0.15) is 206 Å². The molecule has 0 radical (unpaired) electrons. The molecule has 2 atom stereocenters. The number of carboxylic acids is 1. The third kappa shape index (κ3) is 48.8. The van der Waals surface area contributed by atoms with Crippen LogP contribution in [0.4, 0.5) is 0 Å². The van der Waals surface area contributed by atoms with Gasteiger partial charge in [0.1, 0.15) is 12.6 Å². The molecule has 8 nitrogen and oxygen atoms in total. The molecule has 0 aliphatic carbocycles. The molecule has 0 spiro atoms. The van der Waals surface area contributed by atoms with Crippen LogP contribution in [0.25, 0.3) is 0 Å². The second kappa shape index (κ2) is 50.4. The van der Waals surface area contributed by atoms with Crippen LogP contribution >= 0.6 is 0 Å². The minimum atomic E-state index is -1.13. The molecule has 2 unspecified atom stereocenters. The molecule has 0 rings (SSSR count). The molecule has 0 aliphatic heterocycles. The number of nitrogens with zero attached hydrogens (tertiary/aromatic N) is 1. The molecule has 0 saturated carbocycles. The van der Waals surface area contributed by atoms with Crippen LogP contribution in [0, 0.1) is 0 Å². The number of unbranched alkanes of at least 4 members (excludes halogenated alkanes) is 16. The fraction of sp³-hybridized carbons (Fsp3) is 0.656. The van der Waals surface area contributed by atoms with Gasteiger partial charge in [-0.3, -0.25) is 9.59 Å². The Bertz CT molecular complexity index is 1490. The number of quaternary nitrogens is 1. The number of ether oxygens (including phenoxy) is 3. The number of allylic oxidation sites excluding steroid dienone is 18. The highest BCUT2D eigenvalue weighted by atomic mass is 16.6. The molecule has 0 fully saturated rings. The van der Waals surface area contributed by atoms with E-state index in [1.54, 1.807) is 21.1 Å². The molecule has 69 heavy (non-hydrogen) atoms. The smallest absolute Gasteiger partial charge is 0.306 e. The average Bonchev–Trinajstić information content (AvgIpc) is 3.31. The van der Waals surface area contributed by atoms with Crippen LogP contribution in [0.3, 0.4) is 0 Å². The van der Waals surface area contributed by atoms with Gasteiger partial charge in [0.25, 0.3) is 0 Å². The van der Waals surface area contributed by atoms with Crippen molar-refractivity contribution in [3.63, 3.8) is 0 Å². The van der Waals surface area contributed by atoms with Gasteiger partial charge in [-0.1, -0.05) is 200 Å². The molecule has 0 aliphatic rings. The number of carbonyl (C=O) groups excluding carboxylic acids is 3. The van der Waals surface area contributed by atoms with Crippen molar-refractivity contribution in [3.8, 4) is 0 Å². The number of likely N-dealkylation sites (N-methyl/N-ethyl adjacent to an activating group) is 1. The highest BCUT2D eigenvalue weighted by Crippen LogP contribution is 2.15.